The molecule has 0 spiro atoms. The summed E-state index contributed by atoms with van der Waals surface area (Å²) in [6.07, 6.45) is -4.60. The third-order valence-electron chi connectivity index (χ3n) is 4.95. The maximum Gasteiger partial charge on any atom is 0.418 e. The largest absolute Gasteiger partial charge is 0.493 e. The average Bonchev–Trinajstić information content (AvgIpc) is 2.79. The molecule has 0 unspecified atom stereocenters. The predicted octanol–water partition coefficient (Wildman–Crippen LogP) is 7.10. The molecule has 0 saturated carbocycles. The van der Waals surface area contributed by atoms with E-state index in [2.05, 4.69) is 15.6 Å². The van der Waals surface area contributed by atoms with Gasteiger partial charge in [0.05, 0.1) is 29.1 Å². The normalized spacial score (nSPS) is 11.3. The molecule has 174 valence electrons. The highest BCUT2D eigenvalue weighted by atomic mass is 19.4. The number of aromatic nitrogens is 1. The van der Waals surface area contributed by atoms with Crippen LogP contribution in [0.1, 0.15) is 12.5 Å². The van der Waals surface area contributed by atoms with Crippen LogP contribution in [0.3, 0.4) is 0 Å². The second-order valence-corrected chi connectivity index (χ2v) is 7.30. The summed E-state index contributed by atoms with van der Waals surface area (Å²) in [7, 11) is 0. The Morgan fingerprint density at radius 3 is 2.41 bits per heavy atom. The first kappa shape index (κ1) is 23.0. The number of hydrogen-bond donors (Lipinski definition) is 2. The molecule has 0 aliphatic rings. The van der Waals surface area contributed by atoms with E-state index in [1.807, 2.05) is 6.92 Å². The van der Waals surface area contributed by atoms with Crippen molar-refractivity contribution in [3.8, 4) is 17.0 Å². The fourth-order valence-electron chi connectivity index (χ4n) is 3.44. The fraction of sp³-hybridized carbons (Fsp3) is 0.120. The van der Waals surface area contributed by atoms with Crippen molar-refractivity contribution in [2.24, 2.45) is 0 Å². The number of anilines is 2. The van der Waals surface area contributed by atoms with Crippen LogP contribution in [-0.2, 0) is 6.18 Å². The van der Waals surface area contributed by atoms with Gasteiger partial charge in [-0.2, -0.15) is 13.2 Å². The number of nitrogens with one attached hydrogen (secondary N) is 2. The first-order valence-corrected chi connectivity index (χ1v) is 10.3. The molecule has 2 N–H and O–H groups in total. The zero-order chi connectivity index (χ0) is 24.3. The lowest BCUT2D eigenvalue weighted by Crippen LogP contribution is -2.21. The summed E-state index contributed by atoms with van der Waals surface area (Å²) in [5.41, 5.74) is 0.895. The lowest BCUT2D eigenvalue weighted by molar-refractivity contribution is -0.136. The highest BCUT2D eigenvalue weighted by Crippen LogP contribution is 2.35. The van der Waals surface area contributed by atoms with E-state index in [9.17, 15) is 22.4 Å². The number of ether oxygens (including phenoxy) is 1. The molecule has 0 saturated heterocycles. The van der Waals surface area contributed by atoms with E-state index in [1.54, 1.807) is 36.4 Å². The maximum absolute atomic E-state index is 13.3. The number of benzene rings is 3. The van der Waals surface area contributed by atoms with Crippen molar-refractivity contribution < 1.29 is 27.1 Å². The van der Waals surface area contributed by atoms with E-state index in [0.29, 0.717) is 40.2 Å². The van der Waals surface area contributed by atoms with Gasteiger partial charge in [-0.05, 0) is 61.5 Å². The van der Waals surface area contributed by atoms with Crippen molar-refractivity contribution in [2.45, 2.75) is 13.1 Å². The van der Waals surface area contributed by atoms with Crippen LogP contribution in [0.4, 0.5) is 33.7 Å². The summed E-state index contributed by atoms with van der Waals surface area (Å²) in [6, 6.07) is 16.4. The number of amides is 2. The predicted molar refractivity (Wildman–Crippen MR) is 122 cm³/mol. The van der Waals surface area contributed by atoms with E-state index in [-0.39, 0.29) is 11.5 Å². The van der Waals surface area contributed by atoms with E-state index >= 15 is 0 Å². The van der Waals surface area contributed by atoms with Crippen LogP contribution < -0.4 is 15.4 Å². The van der Waals surface area contributed by atoms with Crippen LogP contribution in [-0.4, -0.2) is 17.6 Å². The minimum atomic E-state index is -4.60. The van der Waals surface area contributed by atoms with Gasteiger partial charge in [0.25, 0.3) is 0 Å². The molecule has 2 amide bonds. The average molecular weight is 469 g/mol. The lowest BCUT2D eigenvalue weighted by Gasteiger charge is -2.15. The standard InChI is InChI=1S/C25H19F4N3O2/c1-2-34-23-14-22(15-7-9-16(26)10-8-15)31-20-12-11-17(13-18(20)23)30-24(33)32-21-6-4-3-5-19(21)25(27,28)29/h3-14H,2H2,1H3,(H2,30,32,33). The Labute approximate surface area is 192 Å². The topological polar surface area (TPSA) is 63.2 Å². The molecule has 0 radical (unpaired) electrons. The van der Waals surface area contributed by atoms with E-state index in [4.69, 9.17) is 4.74 Å². The maximum atomic E-state index is 13.3. The molecule has 4 rings (SSSR count). The Hall–Kier alpha value is -4.14. The number of alkyl halides is 3. The Morgan fingerprint density at radius 2 is 1.71 bits per heavy atom. The number of halogens is 4. The second-order valence-electron chi connectivity index (χ2n) is 7.30. The number of carbonyl (C=O) groups is 1. The molecular formula is C25H19F4N3O2. The van der Waals surface area contributed by atoms with E-state index < -0.39 is 17.8 Å². The number of rotatable bonds is 5. The molecule has 0 atom stereocenters. The number of fused-ring (bicyclic) bond motifs is 1. The SMILES string of the molecule is CCOc1cc(-c2ccc(F)cc2)nc2ccc(NC(=O)Nc3ccccc3C(F)(F)F)cc12. The number of carbonyl (C=O) groups excluding carboxylic acids is 1. The van der Waals surface area contributed by atoms with Crippen molar-refractivity contribution in [1.29, 1.82) is 0 Å². The van der Waals surface area contributed by atoms with Gasteiger partial charge in [0.2, 0.25) is 0 Å². The minimum absolute atomic E-state index is 0.340. The highest BCUT2D eigenvalue weighted by molar-refractivity contribution is 6.02. The van der Waals surface area contributed by atoms with Crippen molar-refractivity contribution in [3.63, 3.8) is 0 Å². The molecule has 9 heteroatoms. The fourth-order valence-corrected chi connectivity index (χ4v) is 3.44. The Kier molecular flexibility index (Phi) is 6.36. The quantitative estimate of drug-likeness (QED) is 0.307. The van der Waals surface area contributed by atoms with Gasteiger partial charge in [-0.25, -0.2) is 14.2 Å². The summed E-state index contributed by atoms with van der Waals surface area (Å²) < 4.78 is 58.6. The van der Waals surface area contributed by atoms with Gasteiger partial charge in [0.1, 0.15) is 11.6 Å². The third-order valence-corrected chi connectivity index (χ3v) is 4.95. The first-order valence-electron chi connectivity index (χ1n) is 10.3. The number of urea groups is 1. The van der Waals surface area contributed by atoms with Crippen molar-refractivity contribution in [1.82, 2.24) is 4.98 Å². The monoisotopic (exact) mass is 469 g/mol. The summed E-state index contributed by atoms with van der Waals surface area (Å²) in [5, 5.41) is 5.38. The van der Waals surface area contributed by atoms with Gasteiger partial charge in [-0.3, -0.25) is 0 Å². The van der Waals surface area contributed by atoms with E-state index in [1.165, 1.54) is 30.3 Å². The van der Waals surface area contributed by atoms with Crippen molar-refractivity contribution in [2.75, 3.05) is 17.2 Å². The molecule has 0 fully saturated rings. The van der Waals surface area contributed by atoms with Crippen molar-refractivity contribution >= 4 is 28.3 Å². The van der Waals surface area contributed by atoms with Crippen molar-refractivity contribution in [3.05, 3.63) is 84.2 Å². The van der Waals surface area contributed by atoms with Crippen LogP contribution in [0.15, 0.2) is 72.8 Å². The molecular weight excluding hydrogens is 450 g/mol. The minimum Gasteiger partial charge on any atom is -0.493 e. The second kappa shape index (κ2) is 9.38. The van der Waals surface area contributed by atoms with Gasteiger partial charge < -0.3 is 15.4 Å². The molecule has 1 heterocycles. The number of nitrogens with zero attached hydrogens (tertiary/aromatic N) is 1. The Bertz CT molecular complexity index is 1340. The van der Waals surface area contributed by atoms with Crippen LogP contribution >= 0.6 is 0 Å². The zero-order valence-electron chi connectivity index (χ0n) is 17.9. The van der Waals surface area contributed by atoms with Crippen LogP contribution in [0.2, 0.25) is 0 Å². The number of pyridine rings is 1. The van der Waals surface area contributed by atoms with Gasteiger partial charge in [-0.15, -0.1) is 0 Å². The molecule has 1 aromatic heterocycles. The molecule has 3 aromatic carbocycles. The van der Waals surface area contributed by atoms with Gasteiger partial charge in [0.15, 0.2) is 0 Å². The molecule has 4 aromatic rings. The summed E-state index contributed by atoms with van der Waals surface area (Å²) in [4.78, 5) is 17.0. The van der Waals surface area contributed by atoms with Crippen LogP contribution in [0.25, 0.3) is 22.2 Å². The molecule has 0 aliphatic carbocycles. The lowest BCUT2D eigenvalue weighted by atomic mass is 10.1. The highest BCUT2D eigenvalue weighted by Gasteiger charge is 2.33. The molecule has 5 nitrogen and oxygen atoms in total. The summed E-state index contributed by atoms with van der Waals surface area (Å²) >= 11 is 0. The van der Waals surface area contributed by atoms with Gasteiger partial charge in [0, 0.05) is 22.7 Å². The summed E-state index contributed by atoms with van der Waals surface area (Å²) in [5.74, 6) is 0.139. The summed E-state index contributed by atoms with van der Waals surface area (Å²) in [6.45, 7) is 2.19. The smallest absolute Gasteiger partial charge is 0.418 e. The molecule has 0 aliphatic heterocycles. The molecule has 0 bridgehead atoms. The van der Waals surface area contributed by atoms with Crippen LogP contribution in [0.5, 0.6) is 5.75 Å². The zero-order valence-corrected chi connectivity index (χ0v) is 17.9. The Morgan fingerprint density at radius 1 is 0.971 bits per heavy atom. The Balaban J connectivity index is 1.62. The number of hydrogen-bond acceptors (Lipinski definition) is 3. The first-order chi connectivity index (χ1) is 16.2. The van der Waals surface area contributed by atoms with Gasteiger partial charge in [-0.1, -0.05) is 12.1 Å². The van der Waals surface area contributed by atoms with E-state index in [0.717, 1.165) is 6.07 Å². The van der Waals surface area contributed by atoms with Gasteiger partial charge >= 0.3 is 12.2 Å². The third kappa shape index (κ3) is 5.09. The van der Waals surface area contributed by atoms with Crippen LogP contribution in [0, 0.1) is 5.82 Å². The molecule has 34 heavy (non-hydrogen) atoms. The number of para-hydroxylation sites is 1.